The lowest BCUT2D eigenvalue weighted by Crippen LogP contribution is -1.88. The van der Waals surface area contributed by atoms with Crippen LogP contribution in [0, 0.1) is 5.82 Å². The fourth-order valence-electron chi connectivity index (χ4n) is 1.94. The van der Waals surface area contributed by atoms with Gasteiger partial charge in [-0.1, -0.05) is 30.3 Å². The van der Waals surface area contributed by atoms with E-state index in [1.165, 1.54) is 24.5 Å². The fraction of sp³-hybridized carbons (Fsp3) is 0.0625. The monoisotopic (exact) mass is 285 g/mol. The van der Waals surface area contributed by atoms with Gasteiger partial charge < -0.3 is 4.74 Å². The number of hydrogen-bond donors (Lipinski definition) is 0. The van der Waals surface area contributed by atoms with Gasteiger partial charge in [-0.3, -0.25) is 0 Å². The van der Waals surface area contributed by atoms with Crippen molar-refractivity contribution >= 4 is 11.3 Å². The zero-order chi connectivity index (χ0) is 13.9. The number of hydrogen-bond acceptors (Lipinski definition) is 3. The molecule has 0 fully saturated rings. The van der Waals surface area contributed by atoms with Crippen molar-refractivity contribution < 1.29 is 9.13 Å². The molecule has 0 unspecified atom stereocenters. The maximum Gasteiger partial charge on any atom is 0.165 e. The Bertz CT molecular complexity index is 724. The molecule has 0 amide bonds. The summed E-state index contributed by atoms with van der Waals surface area (Å²) in [4.78, 5) is 4.60. The van der Waals surface area contributed by atoms with Crippen LogP contribution < -0.4 is 4.74 Å². The summed E-state index contributed by atoms with van der Waals surface area (Å²) >= 11 is 1.53. The number of nitrogens with zero attached hydrogens (tertiary/aromatic N) is 1. The number of methoxy groups -OCH3 is 1. The predicted octanol–water partition coefficient (Wildman–Crippen LogP) is 4.62. The molecule has 0 bridgehead atoms. The molecule has 0 saturated heterocycles. The summed E-state index contributed by atoms with van der Waals surface area (Å²) in [6.07, 6.45) is 0. The summed E-state index contributed by atoms with van der Waals surface area (Å²) in [5.74, 6) is -0.130. The van der Waals surface area contributed by atoms with Crippen molar-refractivity contribution in [1.82, 2.24) is 4.98 Å². The lowest BCUT2D eigenvalue weighted by molar-refractivity contribution is 0.387. The Morgan fingerprint density at radius 2 is 1.85 bits per heavy atom. The summed E-state index contributed by atoms with van der Waals surface area (Å²) in [5, 5.41) is 2.85. The first-order valence-electron chi connectivity index (χ1n) is 6.13. The van der Waals surface area contributed by atoms with Gasteiger partial charge in [0.15, 0.2) is 11.6 Å². The molecule has 0 aliphatic carbocycles. The van der Waals surface area contributed by atoms with Crippen LogP contribution in [0.25, 0.3) is 21.8 Å². The van der Waals surface area contributed by atoms with Crippen LogP contribution in [-0.4, -0.2) is 12.1 Å². The summed E-state index contributed by atoms with van der Waals surface area (Å²) in [6.45, 7) is 0. The van der Waals surface area contributed by atoms with Crippen LogP contribution in [0.15, 0.2) is 53.9 Å². The van der Waals surface area contributed by atoms with Gasteiger partial charge in [-0.15, -0.1) is 11.3 Å². The highest BCUT2D eigenvalue weighted by Crippen LogP contribution is 2.31. The molecule has 0 saturated carbocycles. The molecule has 1 aromatic heterocycles. The molecular weight excluding hydrogens is 273 g/mol. The van der Waals surface area contributed by atoms with Gasteiger partial charge in [0, 0.05) is 16.5 Å². The number of benzene rings is 2. The molecular formula is C16H12FNOS. The van der Waals surface area contributed by atoms with Crippen LogP contribution >= 0.6 is 11.3 Å². The van der Waals surface area contributed by atoms with Crippen LogP contribution in [0.1, 0.15) is 0 Å². The van der Waals surface area contributed by atoms with Crippen LogP contribution in [-0.2, 0) is 0 Å². The number of thiazole rings is 1. The number of halogens is 1. The zero-order valence-corrected chi connectivity index (χ0v) is 11.7. The molecule has 0 aliphatic heterocycles. The SMILES string of the molecule is COc1cc(-c2nc(-c3ccccc3)cs2)ccc1F. The fourth-order valence-corrected chi connectivity index (χ4v) is 2.77. The molecule has 0 aliphatic rings. The summed E-state index contributed by atoms with van der Waals surface area (Å²) in [5.41, 5.74) is 2.85. The van der Waals surface area contributed by atoms with E-state index >= 15 is 0 Å². The average molecular weight is 285 g/mol. The number of aromatic nitrogens is 1. The van der Waals surface area contributed by atoms with Crippen molar-refractivity contribution in [3.63, 3.8) is 0 Å². The molecule has 0 atom stereocenters. The largest absolute Gasteiger partial charge is 0.494 e. The van der Waals surface area contributed by atoms with E-state index in [-0.39, 0.29) is 11.6 Å². The molecule has 0 radical (unpaired) electrons. The van der Waals surface area contributed by atoms with Crippen molar-refractivity contribution in [2.24, 2.45) is 0 Å². The third-order valence-electron chi connectivity index (χ3n) is 2.97. The Kier molecular flexibility index (Phi) is 3.48. The lowest BCUT2D eigenvalue weighted by Gasteiger charge is -2.03. The first-order chi connectivity index (χ1) is 9.78. The summed E-state index contributed by atoms with van der Waals surface area (Å²) in [7, 11) is 1.46. The van der Waals surface area contributed by atoms with Crippen molar-refractivity contribution in [3.05, 3.63) is 59.7 Å². The quantitative estimate of drug-likeness (QED) is 0.700. The average Bonchev–Trinajstić information content (AvgIpc) is 2.98. The third-order valence-corrected chi connectivity index (χ3v) is 3.86. The van der Waals surface area contributed by atoms with E-state index < -0.39 is 0 Å². The van der Waals surface area contributed by atoms with Gasteiger partial charge in [-0.05, 0) is 18.2 Å². The van der Waals surface area contributed by atoms with E-state index in [1.54, 1.807) is 12.1 Å². The van der Waals surface area contributed by atoms with Crippen molar-refractivity contribution in [2.75, 3.05) is 7.11 Å². The molecule has 2 nitrogen and oxygen atoms in total. The molecule has 4 heteroatoms. The lowest BCUT2D eigenvalue weighted by atomic mass is 10.2. The maximum atomic E-state index is 13.4. The van der Waals surface area contributed by atoms with E-state index in [0.29, 0.717) is 0 Å². The third kappa shape index (κ3) is 2.42. The predicted molar refractivity (Wildman–Crippen MR) is 79.5 cm³/mol. The zero-order valence-electron chi connectivity index (χ0n) is 10.8. The topological polar surface area (TPSA) is 22.1 Å². The first-order valence-corrected chi connectivity index (χ1v) is 7.01. The highest BCUT2D eigenvalue weighted by atomic mass is 32.1. The second-order valence-electron chi connectivity index (χ2n) is 4.25. The molecule has 2 aromatic carbocycles. The molecule has 0 N–H and O–H groups in total. The highest BCUT2D eigenvalue weighted by Gasteiger charge is 2.09. The highest BCUT2D eigenvalue weighted by molar-refractivity contribution is 7.13. The summed E-state index contributed by atoms with van der Waals surface area (Å²) in [6, 6.07) is 14.8. The van der Waals surface area contributed by atoms with Gasteiger partial charge in [0.1, 0.15) is 5.01 Å². The van der Waals surface area contributed by atoms with E-state index in [1.807, 2.05) is 35.7 Å². The Balaban J connectivity index is 1.98. The standard InChI is InChI=1S/C16H12FNOS/c1-19-15-9-12(7-8-13(15)17)16-18-14(10-20-16)11-5-3-2-4-6-11/h2-10H,1H3. The Morgan fingerprint density at radius 1 is 1.05 bits per heavy atom. The van der Waals surface area contributed by atoms with Crippen molar-refractivity contribution in [1.29, 1.82) is 0 Å². The smallest absolute Gasteiger partial charge is 0.165 e. The minimum absolute atomic E-state index is 0.235. The van der Waals surface area contributed by atoms with Gasteiger partial charge in [-0.25, -0.2) is 9.37 Å². The van der Waals surface area contributed by atoms with Gasteiger partial charge in [-0.2, -0.15) is 0 Å². The van der Waals surface area contributed by atoms with E-state index in [4.69, 9.17) is 4.74 Å². The number of ether oxygens (including phenoxy) is 1. The Hall–Kier alpha value is -2.20. The van der Waals surface area contributed by atoms with Gasteiger partial charge >= 0.3 is 0 Å². The molecule has 100 valence electrons. The Morgan fingerprint density at radius 3 is 2.60 bits per heavy atom. The summed E-state index contributed by atoms with van der Waals surface area (Å²) < 4.78 is 18.4. The van der Waals surface area contributed by atoms with Gasteiger partial charge in [0.25, 0.3) is 0 Å². The van der Waals surface area contributed by atoms with E-state index in [0.717, 1.165) is 21.8 Å². The van der Waals surface area contributed by atoms with Crippen LogP contribution in [0.4, 0.5) is 4.39 Å². The van der Waals surface area contributed by atoms with E-state index in [9.17, 15) is 4.39 Å². The Labute approximate surface area is 120 Å². The van der Waals surface area contributed by atoms with Crippen molar-refractivity contribution in [2.45, 2.75) is 0 Å². The molecule has 3 aromatic rings. The van der Waals surface area contributed by atoms with Gasteiger partial charge in [0.2, 0.25) is 0 Å². The molecule has 3 rings (SSSR count). The minimum Gasteiger partial charge on any atom is -0.494 e. The van der Waals surface area contributed by atoms with Crippen LogP contribution in [0.2, 0.25) is 0 Å². The maximum absolute atomic E-state index is 13.4. The first kappa shape index (κ1) is 12.8. The molecule has 20 heavy (non-hydrogen) atoms. The molecule has 1 heterocycles. The van der Waals surface area contributed by atoms with Crippen LogP contribution in [0.5, 0.6) is 5.75 Å². The van der Waals surface area contributed by atoms with Gasteiger partial charge in [0.05, 0.1) is 12.8 Å². The second-order valence-corrected chi connectivity index (χ2v) is 5.11. The normalized spacial score (nSPS) is 10.5. The second kappa shape index (κ2) is 5.43. The molecule has 0 spiro atoms. The van der Waals surface area contributed by atoms with Crippen LogP contribution in [0.3, 0.4) is 0 Å². The van der Waals surface area contributed by atoms with Crippen molar-refractivity contribution in [3.8, 4) is 27.6 Å². The minimum atomic E-state index is -0.365. The van der Waals surface area contributed by atoms with E-state index in [2.05, 4.69) is 4.98 Å². The number of rotatable bonds is 3.